The van der Waals surface area contributed by atoms with E-state index in [1.54, 1.807) is 0 Å². The molecule has 290 valence electrons. The molecular formula is C58H37N3O. The first-order valence-electron chi connectivity index (χ1n) is 21.4. The first kappa shape index (κ1) is 34.9. The fourth-order valence-corrected chi connectivity index (χ4v) is 10.3. The summed E-state index contributed by atoms with van der Waals surface area (Å²) in [5.41, 5.74) is 10.8. The van der Waals surface area contributed by atoms with E-state index in [1.807, 2.05) is 6.07 Å². The molecule has 0 fully saturated rings. The second-order valence-corrected chi connectivity index (χ2v) is 16.6. The van der Waals surface area contributed by atoms with Crippen LogP contribution < -0.4 is 0 Å². The van der Waals surface area contributed by atoms with Crippen LogP contribution in [0, 0.1) is 0 Å². The van der Waals surface area contributed by atoms with Crippen molar-refractivity contribution in [1.82, 2.24) is 15.0 Å². The van der Waals surface area contributed by atoms with Gasteiger partial charge in [-0.1, -0.05) is 176 Å². The topological polar surface area (TPSA) is 51.8 Å². The van der Waals surface area contributed by atoms with Crippen LogP contribution >= 0.6 is 0 Å². The summed E-state index contributed by atoms with van der Waals surface area (Å²) in [5, 5.41) is 11.4. The lowest BCUT2D eigenvalue weighted by Crippen LogP contribution is -2.07. The highest BCUT2D eigenvalue weighted by atomic mass is 16.3. The van der Waals surface area contributed by atoms with Crippen LogP contribution in [0.4, 0.5) is 0 Å². The van der Waals surface area contributed by atoms with Crippen molar-refractivity contribution in [3.8, 4) is 45.3 Å². The Morgan fingerprint density at radius 1 is 0.371 bits per heavy atom. The van der Waals surface area contributed by atoms with Crippen LogP contribution in [0.15, 0.2) is 199 Å². The van der Waals surface area contributed by atoms with Gasteiger partial charge in [0, 0.05) is 27.8 Å². The Kier molecular flexibility index (Phi) is 7.76. The van der Waals surface area contributed by atoms with Gasteiger partial charge < -0.3 is 4.42 Å². The number of furan rings is 1. The minimum absolute atomic E-state index is 0.0250. The first-order chi connectivity index (χ1) is 30.7. The van der Waals surface area contributed by atoms with E-state index in [0.29, 0.717) is 17.5 Å². The molecule has 1 aliphatic rings. The number of hydrogen-bond acceptors (Lipinski definition) is 4. The maximum Gasteiger partial charge on any atom is 0.168 e. The Hall–Kier alpha value is -7.95. The zero-order valence-electron chi connectivity index (χ0n) is 33.7. The lowest BCUT2D eigenvalue weighted by molar-refractivity contribution is 0.666. The van der Waals surface area contributed by atoms with Gasteiger partial charge >= 0.3 is 0 Å². The highest BCUT2D eigenvalue weighted by Crippen LogP contribution is 2.48. The molecule has 2 heterocycles. The molecule has 1 unspecified atom stereocenters. The summed E-state index contributed by atoms with van der Waals surface area (Å²) in [6.45, 7) is 0. The molecule has 62 heavy (non-hydrogen) atoms. The molecular weight excluding hydrogens is 755 g/mol. The average Bonchev–Trinajstić information content (AvgIpc) is 3.64. The molecule has 0 saturated carbocycles. The van der Waals surface area contributed by atoms with Crippen molar-refractivity contribution in [2.24, 2.45) is 0 Å². The van der Waals surface area contributed by atoms with Crippen molar-refractivity contribution in [2.75, 3.05) is 0 Å². The van der Waals surface area contributed by atoms with Gasteiger partial charge in [0.15, 0.2) is 17.5 Å². The second-order valence-electron chi connectivity index (χ2n) is 16.6. The van der Waals surface area contributed by atoms with Crippen molar-refractivity contribution in [3.63, 3.8) is 0 Å². The molecule has 4 heteroatoms. The fraction of sp³-hybridized carbons (Fsp3) is 0.0517. The fourth-order valence-electron chi connectivity index (χ4n) is 10.3. The lowest BCUT2D eigenvalue weighted by atomic mass is 9.82. The summed E-state index contributed by atoms with van der Waals surface area (Å²) in [5.74, 6) is 1.87. The number of para-hydroxylation sites is 1. The van der Waals surface area contributed by atoms with E-state index >= 15 is 0 Å². The molecule has 2 aromatic heterocycles. The Balaban J connectivity index is 1.12. The van der Waals surface area contributed by atoms with Crippen LogP contribution in [-0.2, 0) is 6.42 Å². The molecule has 0 bridgehead atoms. The van der Waals surface area contributed by atoms with Gasteiger partial charge in [-0.15, -0.1) is 0 Å². The van der Waals surface area contributed by atoms with Gasteiger partial charge in [0.05, 0.1) is 5.56 Å². The van der Waals surface area contributed by atoms with Gasteiger partial charge in [0.2, 0.25) is 0 Å². The van der Waals surface area contributed by atoms with Gasteiger partial charge in [-0.05, 0) is 102 Å². The summed E-state index contributed by atoms with van der Waals surface area (Å²) in [7, 11) is 0. The van der Waals surface area contributed by atoms with Crippen LogP contribution in [0.3, 0.4) is 0 Å². The number of aromatic nitrogens is 3. The normalized spacial score (nSPS) is 13.8. The van der Waals surface area contributed by atoms with Crippen LogP contribution in [-0.4, -0.2) is 15.0 Å². The van der Waals surface area contributed by atoms with E-state index in [1.165, 1.54) is 38.4 Å². The molecule has 4 nitrogen and oxygen atoms in total. The maximum absolute atomic E-state index is 6.99. The average molecular weight is 792 g/mol. The summed E-state index contributed by atoms with van der Waals surface area (Å²) < 4.78 is 6.99. The van der Waals surface area contributed by atoms with Gasteiger partial charge in [-0.3, -0.25) is 0 Å². The van der Waals surface area contributed by atoms with E-state index in [0.717, 1.165) is 84.0 Å². The highest BCUT2D eigenvalue weighted by Gasteiger charge is 2.30. The Bertz CT molecular complexity index is 3780. The number of rotatable bonds is 4. The largest absolute Gasteiger partial charge is 0.455 e. The van der Waals surface area contributed by atoms with Crippen LogP contribution in [0.25, 0.3) is 110 Å². The third-order valence-corrected chi connectivity index (χ3v) is 13.2. The SMILES string of the molecule is c1ccc2c(c1)-c1cc3ccccc3cc1CCC2c1ccc2c(oc3ccccc32)c1-c1nc(-c2cccc3ccccc23)nc(-c2cc3ccccc3c3ccccc23)n1. The summed E-state index contributed by atoms with van der Waals surface area (Å²) in [6.07, 6.45) is 1.83. The molecule has 0 saturated heterocycles. The third-order valence-electron chi connectivity index (χ3n) is 13.2. The van der Waals surface area contributed by atoms with Crippen molar-refractivity contribution in [2.45, 2.75) is 18.8 Å². The standard InChI is InChI=1S/C58H37N3O/c1-2-16-37-33-51-39(32-36(37)15-1)28-29-46(43-22-8-9-23-44(43)51)48-30-31-49-47-25-11-12-27-53(47)62-55(49)54(48)58-60-56(50-26-13-18-35-14-3-5-19-40(35)50)59-57(61-58)52-34-38-17-4-6-20-41(38)42-21-7-10-24-45(42)52/h1-27,30-34,46H,28-29H2. The first-order valence-corrected chi connectivity index (χ1v) is 21.4. The summed E-state index contributed by atoms with van der Waals surface area (Å²) in [6, 6.07) is 69.6. The van der Waals surface area contributed by atoms with Gasteiger partial charge in [0.1, 0.15) is 11.2 Å². The molecule has 0 aliphatic heterocycles. The van der Waals surface area contributed by atoms with Crippen LogP contribution in [0.5, 0.6) is 0 Å². The van der Waals surface area contributed by atoms with E-state index in [2.05, 4.69) is 188 Å². The summed E-state index contributed by atoms with van der Waals surface area (Å²) >= 11 is 0. The van der Waals surface area contributed by atoms with Crippen LogP contribution in [0.2, 0.25) is 0 Å². The minimum Gasteiger partial charge on any atom is -0.455 e. The molecule has 0 spiro atoms. The molecule has 10 aromatic carbocycles. The zero-order chi connectivity index (χ0) is 40.7. The second kappa shape index (κ2) is 13.8. The predicted molar refractivity (Wildman–Crippen MR) is 255 cm³/mol. The maximum atomic E-state index is 6.99. The van der Waals surface area contributed by atoms with Gasteiger partial charge in [-0.25, -0.2) is 15.0 Å². The van der Waals surface area contributed by atoms with Crippen molar-refractivity contribution in [1.29, 1.82) is 0 Å². The lowest BCUT2D eigenvalue weighted by Gasteiger charge is -2.22. The number of hydrogen-bond donors (Lipinski definition) is 0. The van der Waals surface area contributed by atoms with E-state index < -0.39 is 0 Å². The van der Waals surface area contributed by atoms with E-state index in [-0.39, 0.29) is 5.92 Å². The Labute approximate surface area is 357 Å². The minimum atomic E-state index is 0.0250. The Morgan fingerprint density at radius 3 is 1.82 bits per heavy atom. The van der Waals surface area contributed by atoms with Gasteiger partial charge in [0.25, 0.3) is 0 Å². The number of benzene rings is 10. The number of aryl methyl sites for hydroxylation is 1. The van der Waals surface area contributed by atoms with E-state index in [9.17, 15) is 0 Å². The van der Waals surface area contributed by atoms with Crippen molar-refractivity contribution < 1.29 is 4.42 Å². The van der Waals surface area contributed by atoms with Crippen LogP contribution in [0.1, 0.15) is 29.0 Å². The number of fused-ring (bicyclic) bond motifs is 11. The van der Waals surface area contributed by atoms with Gasteiger partial charge in [-0.2, -0.15) is 0 Å². The van der Waals surface area contributed by atoms with E-state index in [4.69, 9.17) is 19.4 Å². The molecule has 13 rings (SSSR count). The zero-order valence-corrected chi connectivity index (χ0v) is 33.7. The van der Waals surface area contributed by atoms with Crippen molar-refractivity contribution in [3.05, 3.63) is 211 Å². The quantitative estimate of drug-likeness (QED) is 0.167. The molecule has 0 amide bonds. The monoisotopic (exact) mass is 791 g/mol. The predicted octanol–water partition coefficient (Wildman–Crippen LogP) is 15.1. The molecule has 0 radical (unpaired) electrons. The Morgan fingerprint density at radius 2 is 0.968 bits per heavy atom. The molecule has 1 aliphatic carbocycles. The molecule has 12 aromatic rings. The highest BCUT2D eigenvalue weighted by molar-refractivity contribution is 6.14. The molecule has 1 atom stereocenters. The van der Waals surface area contributed by atoms with Crippen molar-refractivity contribution >= 4 is 65.0 Å². The smallest absolute Gasteiger partial charge is 0.168 e. The summed E-state index contributed by atoms with van der Waals surface area (Å²) in [4.78, 5) is 16.6. The third kappa shape index (κ3) is 5.43. The molecule has 0 N–H and O–H groups in total. The number of nitrogens with zero attached hydrogens (tertiary/aromatic N) is 3.